The molecule has 156 valence electrons. The van der Waals surface area contributed by atoms with Crippen molar-refractivity contribution in [3.63, 3.8) is 0 Å². The topological polar surface area (TPSA) is 3.24 Å². The summed E-state index contributed by atoms with van der Waals surface area (Å²) in [4.78, 5) is 2.20. The molecule has 5 aromatic rings. The largest absolute Gasteiger partial charge is 0.377 e. The Balaban J connectivity index is 1.98. The maximum absolute atomic E-state index is 2.32. The minimum Gasteiger partial charge on any atom is -0.377 e. The van der Waals surface area contributed by atoms with E-state index in [-0.39, 0.29) is 0 Å². The number of fused-ring (bicyclic) bond motifs is 1. The zero-order chi connectivity index (χ0) is 22.0. The van der Waals surface area contributed by atoms with Crippen LogP contribution in [0.15, 0.2) is 127 Å². The maximum Gasteiger partial charge on any atom is 0.0707 e. The van der Waals surface area contributed by atoms with Gasteiger partial charge in [-0.15, -0.1) is 0 Å². The molecule has 5 aromatic carbocycles. The van der Waals surface area contributed by atoms with Gasteiger partial charge in [0.2, 0.25) is 0 Å². The smallest absolute Gasteiger partial charge is 0.0707 e. The summed E-state index contributed by atoms with van der Waals surface area (Å²) < 4.78 is 0. The highest BCUT2D eigenvalue weighted by molar-refractivity contribution is 5.98. The van der Waals surface area contributed by atoms with E-state index in [2.05, 4.69) is 146 Å². The number of benzene rings is 5. The van der Waals surface area contributed by atoms with E-state index in [1.54, 1.807) is 0 Å². The molecule has 5 rings (SSSR count). The predicted octanol–water partition coefficient (Wildman–Crippen LogP) is 7.29. The van der Waals surface area contributed by atoms with Crippen molar-refractivity contribution in [1.82, 2.24) is 0 Å². The van der Waals surface area contributed by atoms with Crippen LogP contribution in [-0.2, 0) is 5.41 Å². The van der Waals surface area contributed by atoms with E-state index in [0.29, 0.717) is 0 Å². The standard InChI is InChI=1S/C31H27N/c1-32(2)30-23-22-29(27-20-12-13-21-28(27)30)31(24-14-6-3-7-15-24,25-16-8-4-9-17-25)26-18-10-5-11-19-26/h3-23H,1-2H3. The van der Waals surface area contributed by atoms with Gasteiger partial charge in [-0.2, -0.15) is 0 Å². The molecule has 0 amide bonds. The predicted molar refractivity (Wildman–Crippen MR) is 137 cm³/mol. The summed E-state index contributed by atoms with van der Waals surface area (Å²) in [5.41, 5.74) is 5.88. The normalized spacial score (nSPS) is 11.4. The van der Waals surface area contributed by atoms with Gasteiger partial charge in [-0.1, -0.05) is 121 Å². The Morgan fingerprint density at radius 2 is 0.844 bits per heavy atom. The lowest BCUT2D eigenvalue weighted by Gasteiger charge is -2.38. The molecule has 0 saturated carbocycles. The number of nitrogens with zero attached hydrogens (tertiary/aromatic N) is 1. The summed E-state index contributed by atoms with van der Waals surface area (Å²) in [5, 5.41) is 2.54. The first kappa shape index (κ1) is 20.1. The molecule has 0 unspecified atom stereocenters. The third-order valence-corrected chi connectivity index (χ3v) is 6.41. The van der Waals surface area contributed by atoms with E-state index in [4.69, 9.17) is 0 Å². The van der Waals surface area contributed by atoms with Crippen molar-refractivity contribution < 1.29 is 0 Å². The Morgan fingerprint density at radius 3 is 1.28 bits per heavy atom. The van der Waals surface area contributed by atoms with Crippen LogP contribution < -0.4 is 4.90 Å². The highest BCUT2D eigenvalue weighted by atomic mass is 15.1. The van der Waals surface area contributed by atoms with Crippen molar-refractivity contribution in [2.24, 2.45) is 0 Å². The average molecular weight is 414 g/mol. The molecule has 0 aliphatic rings. The van der Waals surface area contributed by atoms with Gasteiger partial charge in [-0.3, -0.25) is 0 Å². The van der Waals surface area contributed by atoms with Gasteiger partial charge in [-0.05, 0) is 33.7 Å². The van der Waals surface area contributed by atoms with E-state index < -0.39 is 5.41 Å². The van der Waals surface area contributed by atoms with Crippen LogP contribution in [0.25, 0.3) is 10.8 Å². The summed E-state index contributed by atoms with van der Waals surface area (Å²) in [5.74, 6) is 0. The third-order valence-electron chi connectivity index (χ3n) is 6.41. The summed E-state index contributed by atoms with van der Waals surface area (Å²) in [6.07, 6.45) is 0. The van der Waals surface area contributed by atoms with Gasteiger partial charge in [0.05, 0.1) is 5.41 Å². The molecule has 0 bridgehead atoms. The Morgan fingerprint density at radius 1 is 0.438 bits per heavy atom. The van der Waals surface area contributed by atoms with Crippen molar-refractivity contribution in [3.8, 4) is 0 Å². The minimum absolute atomic E-state index is 0.436. The van der Waals surface area contributed by atoms with Gasteiger partial charge in [0, 0.05) is 25.2 Å². The summed E-state index contributed by atoms with van der Waals surface area (Å²) in [6.45, 7) is 0. The Bertz CT molecular complexity index is 1230. The summed E-state index contributed by atoms with van der Waals surface area (Å²) in [7, 11) is 4.22. The van der Waals surface area contributed by atoms with Crippen LogP contribution in [0.1, 0.15) is 22.3 Å². The first-order valence-corrected chi connectivity index (χ1v) is 11.1. The van der Waals surface area contributed by atoms with E-state index in [0.717, 1.165) is 0 Å². The van der Waals surface area contributed by atoms with E-state index in [1.807, 2.05) is 0 Å². The number of rotatable bonds is 5. The Kier molecular flexibility index (Phi) is 5.25. The molecule has 0 aliphatic carbocycles. The molecular formula is C31H27N. The van der Waals surface area contributed by atoms with Crippen LogP contribution in [0.2, 0.25) is 0 Å². The lowest BCUT2D eigenvalue weighted by Crippen LogP contribution is -2.31. The lowest BCUT2D eigenvalue weighted by molar-refractivity contribution is 0.752. The first-order valence-electron chi connectivity index (χ1n) is 11.1. The summed E-state index contributed by atoms with van der Waals surface area (Å²) >= 11 is 0. The lowest BCUT2D eigenvalue weighted by atomic mass is 9.64. The van der Waals surface area contributed by atoms with Crippen LogP contribution in [0, 0.1) is 0 Å². The minimum atomic E-state index is -0.436. The van der Waals surface area contributed by atoms with Gasteiger partial charge < -0.3 is 4.90 Å². The fourth-order valence-corrected chi connectivity index (χ4v) is 5.03. The second-order valence-corrected chi connectivity index (χ2v) is 8.42. The van der Waals surface area contributed by atoms with Crippen molar-refractivity contribution in [2.45, 2.75) is 5.41 Å². The van der Waals surface area contributed by atoms with E-state index in [1.165, 1.54) is 38.7 Å². The highest BCUT2D eigenvalue weighted by Crippen LogP contribution is 2.48. The monoisotopic (exact) mass is 413 g/mol. The van der Waals surface area contributed by atoms with Crippen molar-refractivity contribution in [1.29, 1.82) is 0 Å². The third kappa shape index (κ3) is 3.18. The first-order chi connectivity index (χ1) is 15.7. The molecule has 0 saturated heterocycles. The Labute approximate surface area is 190 Å². The molecule has 0 fully saturated rings. The van der Waals surface area contributed by atoms with Gasteiger partial charge in [-0.25, -0.2) is 0 Å². The second-order valence-electron chi connectivity index (χ2n) is 8.42. The van der Waals surface area contributed by atoms with Gasteiger partial charge in [0.1, 0.15) is 0 Å². The van der Waals surface area contributed by atoms with Crippen molar-refractivity contribution >= 4 is 16.5 Å². The molecule has 0 spiro atoms. The zero-order valence-electron chi connectivity index (χ0n) is 18.6. The van der Waals surface area contributed by atoms with Crippen LogP contribution in [-0.4, -0.2) is 14.1 Å². The molecule has 0 radical (unpaired) electrons. The van der Waals surface area contributed by atoms with E-state index >= 15 is 0 Å². The number of hydrogen-bond acceptors (Lipinski definition) is 1. The van der Waals surface area contributed by atoms with Gasteiger partial charge >= 0.3 is 0 Å². The van der Waals surface area contributed by atoms with E-state index in [9.17, 15) is 0 Å². The Hall–Kier alpha value is -3.84. The molecule has 0 heterocycles. The van der Waals surface area contributed by atoms with Gasteiger partial charge in [0.25, 0.3) is 0 Å². The fourth-order valence-electron chi connectivity index (χ4n) is 5.03. The van der Waals surface area contributed by atoms with Crippen molar-refractivity contribution in [3.05, 3.63) is 150 Å². The molecule has 0 aliphatic heterocycles. The zero-order valence-corrected chi connectivity index (χ0v) is 18.6. The SMILES string of the molecule is CN(C)c1ccc(C(c2ccccc2)(c2ccccc2)c2ccccc2)c2ccccc12. The average Bonchev–Trinajstić information content (AvgIpc) is 2.86. The maximum atomic E-state index is 2.32. The van der Waals surface area contributed by atoms with Crippen molar-refractivity contribution in [2.75, 3.05) is 19.0 Å². The van der Waals surface area contributed by atoms with Crippen LogP contribution in [0.3, 0.4) is 0 Å². The van der Waals surface area contributed by atoms with Gasteiger partial charge in [0.15, 0.2) is 0 Å². The van der Waals surface area contributed by atoms with Crippen LogP contribution in [0.4, 0.5) is 5.69 Å². The molecule has 0 N–H and O–H groups in total. The number of hydrogen-bond donors (Lipinski definition) is 0. The molecule has 1 nitrogen and oxygen atoms in total. The highest BCUT2D eigenvalue weighted by Gasteiger charge is 2.39. The van der Waals surface area contributed by atoms with Crippen LogP contribution >= 0.6 is 0 Å². The fraction of sp³-hybridized carbons (Fsp3) is 0.0968. The quantitative estimate of drug-likeness (QED) is 0.273. The molecule has 0 aromatic heterocycles. The summed E-state index contributed by atoms with van der Waals surface area (Å²) in [6, 6.07) is 46.1. The van der Waals surface area contributed by atoms with Crippen LogP contribution in [0.5, 0.6) is 0 Å². The molecule has 1 heteroatoms. The molecular weight excluding hydrogens is 386 g/mol. The molecule has 32 heavy (non-hydrogen) atoms. The second kappa shape index (κ2) is 8.36. The molecule has 0 atom stereocenters. The number of anilines is 1.